The number of carbonyl (C=O) groups excluding carboxylic acids is 2. The fourth-order valence-electron chi connectivity index (χ4n) is 3.90. The van der Waals surface area contributed by atoms with Crippen LogP contribution in [0.25, 0.3) is 0 Å². The second-order valence-electron chi connectivity index (χ2n) is 8.24. The first-order chi connectivity index (χ1) is 13.4. The molecule has 1 aromatic heterocycles. The van der Waals surface area contributed by atoms with Crippen molar-refractivity contribution in [3.05, 3.63) is 59.9 Å². The summed E-state index contributed by atoms with van der Waals surface area (Å²) in [5.41, 5.74) is 2.22. The van der Waals surface area contributed by atoms with Gasteiger partial charge in [-0.15, -0.1) is 0 Å². The quantitative estimate of drug-likeness (QED) is 0.766. The van der Waals surface area contributed by atoms with Crippen LogP contribution in [0.2, 0.25) is 0 Å². The molecule has 5 heteroatoms. The SMILES string of the molecule is CC(C)CC(=O)N(CC(=O)N1CCn2cccc2C1c1ccccc1)C(C)C. The predicted molar refractivity (Wildman–Crippen MR) is 111 cm³/mol. The number of nitrogens with zero attached hydrogens (tertiary/aromatic N) is 3. The van der Waals surface area contributed by atoms with Crippen molar-refractivity contribution in [2.75, 3.05) is 13.1 Å². The van der Waals surface area contributed by atoms with Crippen LogP contribution in [0.4, 0.5) is 0 Å². The highest BCUT2D eigenvalue weighted by Crippen LogP contribution is 2.32. The maximum atomic E-state index is 13.3. The van der Waals surface area contributed by atoms with Crippen LogP contribution in [0.15, 0.2) is 48.7 Å². The summed E-state index contributed by atoms with van der Waals surface area (Å²) in [5, 5.41) is 0. The Kier molecular flexibility index (Phi) is 6.22. The van der Waals surface area contributed by atoms with Gasteiger partial charge >= 0.3 is 0 Å². The molecule has 0 N–H and O–H groups in total. The Morgan fingerprint density at radius 1 is 1.04 bits per heavy atom. The minimum Gasteiger partial charge on any atom is -0.348 e. The first-order valence-electron chi connectivity index (χ1n) is 10.2. The topological polar surface area (TPSA) is 45.6 Å². The van der Waals surface area contributed by atoms with Gasteiger partial charge in [0.15, 0.2) is 0 Å². The highest BCUT2D eigenvalue weighted by molar-refractivity contribution is 5.85. The Bertz CT molecular complexity index is 810. The average Bonchev–Trinajstić information content (AvgIpc) is 3.13. The van der Waals surface area contributed by atoms with E-state index >= 15 is 0 Å². The molecule has 1 aromatic carbocycles. The minimum absolute atomic E-state index is 0.000901. The summed E-state index contributed by atoms with van der Waals surface area (Å²) in [6.07, 6.45) is 2.54. The van der Waals surface area contributed by atoms with Gasteiger partial charge in [0, 0.05) is 37.4 Å². The van der Waals surface area contributed by atoms with E-state index in [0.717, 1.165) is 17.8 Å². The fraction of sp³-hybridized carbons (Fsp3) is 0.478. The molecule has 0 aliphatic carbocycles. The van der Waals surface area contributed by atoms with Crippen LogP contribution in [0.1, 0.15) is 51.4 Å². The Balaban J connectivity index is 1.86. The lowest BCUT2D eigenvalue weighted by atomic mass is 9.99. The van der Waals surface area contributed by atoms with Crippen molar-refractivity contribution in [3.63, 3.8) is 0 Å². The van der Waals surface area contributed by atoms with Crippen LogP contribution in [0.5, 0.6) is 0 Å². The smallest absolute Gasteiger partial charge is 0.243 e. The summed E-state index contributed by atoms with van der Waals surface area (Å²) < 4.78 is 2.21. The van der Waals surface area contributed by atoms with Gasteiger partial charge in [0.1, 0.15) is 6.54 Å². The highest BCUT2D eigenvalue weighted by Gasteiger charge is 2.33. The Morgan fingerprint density at radius 3 is 2.39 bits per heavy atom. The Labute approximate surface area is 167 Å². The van der Waals surface area contributed by atoms with Crippen molar-refractivity contribution in [2.45, 2.75) is 52.7 Å². The van der Waals surface area contributed by atoms with E-state index < -0.39 is 0 Å². The molecule has 2 heterocycles. The van der Waals surface area contributed by atoms with E-state index in [0.29, 0.717) is 13.0 Å². The summed E-state index contributed by atoms with van der Waals surface area (Å²) in [7, 11) is 0. The maximum absolute atomic E-state index is 13.3. The second kappa shape index (κ2) is 8.63. The third kappa shape index (κ3) is 4.29. The van der Waals surface area contributed by atoms with Gasteiger partial charge in [-0.1, -0.05) is 44.2 Å². The standard InChI is InChI=1S/C23H31N3O2/c1-17(2)15-21(27)26(18(3)4)16-22(28)25-14-13-24-12-8-11-20(24)23(25)19-9-6-5-7-10-19/h5-12,17-18,23H,13-16H2,1-4H3. The summed E-state index contributed by atoms with van der Waals surface area (Å²) in [6, 6.07) is 14.1. The molecule has 5 nitrogen and oxygen atoms in total. The summed E-state index contributed by atoms with van der Waals surface area (Å²) in [6.45, 7) is 9.56. The Morgan fingerprint density at radius 2 is 1.75 bits per heavy atom. The third-order valence-electron chi connectivity index (χ3n) is 5.31. The van der Waals surface area contributed by atoms with Crippen LogP contribution >= 0.6 is 0 Å². The van der Waals surface area contributed by atoms with Crippen LogP contribution in [-0.2, 0) is 16.1 Å². The van der Waals surface area contributed by atoms with Crippen LogP contribution in [0.3, 0.4) is 0 Å². The number of rotatable bonds is 6. The molecule has 2 aromatic rings. The normalized spacial score (nSPS) is 16.4. The molecular formula is C23H31N3O2. The molecule has 1 atom stereocenters. The lowest BCUT2D eigenvalue weighted by Crippen LogP contribution is -2.49. The number of carbonyl (C=O) groups is 2. The van der Waals surface area contributed by atoms with Gasteiger partial charge in [-0.3, -0.25) is 9.59 Å². The second-order valence-corrected chi connectivity index (χ2v) is 8.24. The molecule has 150 valence electrons. The zero-order valence-corrected chi connectivity index (χ0v) is 17.3. The van der Waals surface area contributed by atoms with Gasteiger partial charge in [0.25, 0.3) is 0 Å². The molecule has 2 amide bonds. The monoisotopic (exact) mass is 381 g/mol. The van der Waals surface area contributed by atoms with E-state index in [1.165, 1.54) is 0 Å². The molecule has 28 heavy (non-hydrogen) atoms. The molecule has 3 rings (SSSR count). The van der Waals surface area contributed by atoms with Crippen molar-refractivity contribution < 1.29 is 9.59 Å². The van der Waals surface area contributed by atoms with Crippen molar-refractivity contribution in [1.82, 2.24) is 14.4 Å². The first kappa shape index (κ1) is 20.2. The molecule has 1 aliphatic heterocycles. The van der Waals surface area contributed by atoms with Gasteiger partial charge in [0.05, 0.1) is 6.04 Å². The zero-order chi connectivity index (χ0) is 20.3. The first-order valence-corrected chi connectivity index (χ1v) is 10.2. The number of aromatic nitrogens is 1. The van der Waals surface area contributed by atoms with E-state index in [1.807, 2.05) is 56.9 Å². The molecule has 1 unspecified atom stereocenters. The van der Waals surface area contributed by atoms with Crippen LogP contribution < -0.4 is 0 Å². The van der Waals surface area contributed by atoms with Crippen molar-refractivity contribution in [1.29, 1.82) is 0 Å². The minimum atomic E-state index is -0.119. The number of fused-ring (bicyclic) bond motifs is 1. The molecule has 0 fully saturated rings. The number of benzene rings is 1. The summed E-state index contributed by atoms with van der Waals surface area (Å²) in [5.74, 6) is 0.335. The largest absolute Gasteiger partial charge is 0.348 e. The van der Waals surface area contributed by atoms with Gasteiger partial charge in [-0.05, 0) is 37.5 Å². The van der Waals surface area contributed by atoms with Crippen molar-refractivity contribution in [2.24, 2.45) is 5.92 Å². The number of hydrogen-bond acceptors (Lipinski definition) is 2. The third-order valence-corrected chi connectivity index (χ3v) is 5.31. The van der Waals surface area contributed by atoms with E-state index in [4.69, 9.17) is 0 Å². The van der Waals surface area contributed by atoms with Crippen molar-refractivity contribution in [3.8, 4) is 0 Å². The average molecular weight is 382 g/mol. The molecular weight excluding hydrogens is 350 g/mol. The molecule has 0 bridgehead atoms. The summed E-state index contributed by atoms with van der Waals surface area (Å²) in [4.78, 5) is 29.7. The van der Waals surface area contributed by atoms with E-state index in [2.05, 4.69) is 29.0 Å². The van der Waals surface area contributed by atoms with Crippen LogP contribution in [-0.4, -0.2) is 45.3 Å². The molecule has 0 saturated heterocycles. The van der Waals surface area contributed by atoms with Gasteiger partial charge in [-0.2, -0.15) is 0 Å². The van der Waals surface area contributed by atoms with Gasteiger partial charge in [0.2, 0.25) is 11.8 Å². The predicted octanol–water partition coefficient (Wildman–Crippen LogP) is 3.70. The van der Waals surface area contributed by atoms with Gasteiger partial charge < -0.3 is 14.4 Å². The number of amides is 2. The summed E-state index contributed by atoms with van der Waals surface area (Å²) >= 11 is 0. The zero-order valence-electron chi connectivity index (χ0n) is 17.3. The number of hydrogen-bond donors (Lipinski definition) is 0. The molecule has 1 aliphatic rings. The van der Waals surface area contributed by atoms with Crippen LogP contribution in [0, 0.1) is 5.92 Å². The lowest BCUT2D eigenvalue weighted by Gasteiger charge is -2.39. The molecule has 0 saturated carbocycles. The Hall–Kier alpha value is -2.56. The maximum Gasteiger partial charge on any atom is 0.243 e. The highest BCUT2D eigenvalue weighted by atomic mass is 16.2. The lowest BCUT2D eigenvalue weighted by molar-refractivity contribution is -0.144. The van der Waals surface area contributed by atoms with E-state index in [-0.39, 0.29) is 36.4 Å². The molecule has 0 radical (unpaired) electrons. The fourth-order valence-corrected chi connectivity index (χ4v) is 3.90. The van der Waals surface area contributed by atoms with Crippen molar-refractivity contribution >= 4 is 11.8 Å². The van der Waals surface area contributed by atoms with E-state index in [9.17, 15) is 9.59 Å². The van der Waals surface area contributed by atoms with E-state index in [1.54, 1.807) is 4.90 Å². The molecule has 0 spiro atoms. The van der Waals surface area contributed by atoms with Gasteiger partial charge in [-0.25, -0.2) is 0 Å².